The molecule has 0 aliphatic carbocycles. The quantitative estimate of drug-likeness (QED) is 0.787. The lowest BCUT2D eigenvalue weighted by Crippen LogP contribution is -2.45. The summed E-state index contributed by atoms with van der Waals surface area (Å²) >= 11 is 1.12. The molecule has 0 saturated carbocycles. The van der Waals surface area contributed by atoms with Gasteiger partial charge < -0.3 is 5.32 Å². The van der Waals surface area contributed by atoms with Crippen LogP contribution >= 0.6 is 11.3 Å². The van der Waals surface area contributed by atoms with Crippen LogP contribution in [-0.2, 0) is 27.5 Å². The van der Waals surface area contributed by atoms with Crippen molar-refractivity contribution in [3.8, 4) is 0 Å². The number of rotatable bonds is 5. The Balaban J connectivity index is 1.62. The summed E-state index contributed by atoms with van der Waals surface area (Å²) in [7, 11) is -3.63. The lowest BCUT2D eigenvalue weighted by Gasteiger charge is -2.30. The second-order valence-corrected chi connectivity index (χ2v) is 9.66. The fourth-order valence-electron chi connectivity index (χ4n) is 3.10. The highest BCUT2D eigenvalue weighted by molar-refractivity contribution is 7.91. The highest BCUT2D eigenvalue weighted by atomic mass is 32.2. The molecule has 2 aromatic rings. The Kier molecular flexibility index (Phi) is 6.11. The average molecular weight is 432 g/mol. The summed E-state index contributed by atoms with van der Waals surface area (Å²) < 4.78 is 65.1. The van der Waals surface area contributed by atoms with Crippen molar-refractivity contribution >= 4 is 27.3 Å². The first-order chi connectivity index (χ1) is 13.2. The van der Waals surface area contributed by atoms with Crippen molar-refractivity contribution in [2.45, 2.75) is 29.8 Å². The number of thiophene rings is 1. The van der Waals surface area contributed by atoms with E-state index in [1.54, 1.807) is 11.4 Å². The van der Waals surface area contributed by atoms with Gasteiger partial charge in [-0.3, -0.25) is 4.79 Å². The molecule has 1 amide bonds. The summed E-state index contributed by atoms with van der Waals surface area (Å²) in [6, 6.07) is 7.94. The number of halogens is 3. The number of amides is 1. The maximum absolute atomic E-state index is 12.8. The van der Waals surface area contributed by atoms with E-state index in [4.69, 9.17) is 0 Å². The number of carbonyl (C=O) groups excluding carboxylic acids is 1. The number of hydrogen-bond donors (Lipinski definition) is 1. The van der Waals surface area contributed by atoms with E-state index in [0.717, 1.165) is 23.5 Å². The minimum atomic E-state index is -4.44. The molecule has 10 heteroatoms. The fourth-order valence-corrected chi connectivity index (χ4v) is 5.77. The highest BCUT2D eigenvalue weighted by Gasteiger charge is 2.34. The number of nitrogens with one attached hydrogen (secondary N) is 1. The van der Waals surface area contributed by atoms with Crippen LogP contribution < -0.4 is 5.32 Å². The van der Waals surface area contributed by atoms with Crippen LogP contribution in [-0.4, -0.2) is 31.7 Å². The molecule has 1 aromatic heterocycles. The predicted octanol–water partition coefficient (Wildman–Crippen LogP) is 3.48. The summed E-state index contributed by atoms with van der Waals surface area (Å²) in [4.78, 5) is 12.5. The van der Waals surface area contributed by atoms with E-state index < -0.39 is 27.7 Å². The smallest absolute Gasteiger partial charge is 0.352 e. The predicted molar refractivity (Wildman–Crippen MR) is 99.1 cm³/mol. The van der Waals surface area contributed by atoms with Crippen LogP contribution in [0.2, 0.25) is 0 Å². The summed E-state index contributed by atoms with van der Waals surface area (Å²) in [6.07, 6.45) is -3.36. The molecule has 28 heavy (non-hydrogen) atoms. The Morgan fingerprint density at radius 2 is 2.04 bits per heavy atom. The molecule has 1 saturated heterocycles. The zero-order valence-electron chi connectivity index (χ0n) is 14.8. The Hall–Kier alpha value is -1.91. The van der Waals surface area contributed by atoms with E-state index in [1.807, 2.05) is 0 Å². The van der Waals surface area contributed by atoms with Crippen molar-refractivity contribution in [2.24, 2.45) is 5.92 Å². The van der Waals surface area contributed by atoms with E-state index >= 15 is 0 Å². The molecular weight excluding hydrogens is 413 g/mol. The molecule has 3 rings (SSSR count). The average Bonchev–Trinajstić information content (AvgIpc) is 3.21. The van der Waals surface area contributed by atoms with Gasteiger partial charge in [-0.15, -0.1) is 11.3 Å². The van der Waals surface area contributed by atoms with Crippen LogP contribution in [0.25, 0.3) is 0 Å². The van der Waals surface area contributed by atoms with Gasteiger partial charge in [0, 0.05) is 19.6 Å². The molecule has 0 bridgehead atoms. The van der Waals surface area contributed by atoms with Crippen molar-refractivity contribution in [1.29, 1.82) is 0 Å². The van der Waals surface area contributed by atoms with Gasteiger partial charge in [0.25, 0.3) is 10.0 Å². The van der Waals surface area contributed by atoms with Crippen LogP contribution in [0.3, 0.4) is 0 Å². The number of piperidine rings is 1. The van der Waals surface area contributed by atoms with E-state index in [2.05, 4.69) is 5.32 Å². The standard InChI is InChI=1S/C18H19F3N2O3S2/c19-18(20,21)15-6-1-4-13(10-15)11-22-17(24)14-5-2-8-23(12-14)28(25,26)16-7-3-9-27-16/h1,3-4,6-7,9-10,14H,2,5,8,11-12H2,(H,22,24). The van der Waals surface area contributed by atoms with Crippen molar-refractivity contribution in [2.75, 3.05) is 13.1 Å². The first kappa shape index (κ1) is 20.8. The molecule has 1 aromatic carbocycles. The summed E-state index contributed by atoms with van der Waals surface area (Å²) in [6.45, 7) is 0.364. The number of benzene rings is 1. The van der Waals surface area contributed by atoms with Crippen molar-refractivity contribution in [1.82, 2.24) is 9.62 Å². The highest BCUT2D eigenvalue weighted by Crippen LogP contribution is 2.30. The third kappa shape index (κ3) is 4.73. The van der Waals surface area contributed by atoms with E-state index in [0.29, 0.717) is 24.9 Å². The van der Waals surface area contributed by atoms with E-state index in [-0.39, 0.29) is 23.2 Å². The molecule has 5 nitrogen and oxygen atoms in total. The van der Waals surface area contributed by atoms with E-state index in [1.165, 1.54) is 22.5 Å². The number of carbonyl (C=O) groups is 1. The normalized spacial score (nSPS) is 18.8. The SMILES string of the molecule is O=C(NCc1cccc(C(F)(F)F)c1)C1CCCN(S(=O)(=O)c2cccs2)C1. The minimum absolute atomic E-state index is 0.0447. The summed E-state index contributed by atoms with van der Waals surface area (Å²) in [5.74, 6) is -0.891. The Morgan fingerprint density at radius 1 is 1.25 bits per heavy atom. The third-order valence-electron chi connectivity index (χ3n) is 4.57. The largest absolute Gasteiger partial charge is 0.416 e. The molecule has 1 aliphatic heterocycles. The van der Waals surface area contributed by atoms with Crippen LogP contribution in [0, 0.1) is 5.92 Å². The van der Waals surface area contributed by atoms with Gasteiger partial charge in [-0.05, 0) is 42.0 Å². The molecule has 1 aliphatic rings. The second-order valence-electron chi connectivity index (χ2n) is 6.55. The molecule has 1 N–H and O–H groups in total. The molecule has 152 valence electrons. The van der Waals surface area contributed by atoms with Crippen LogP contribution in [0.4, 0.5) is 13.2 Å². The maximum atomic E-state index is 12.8. The first-order valence-electron chi connectivity index (χ1n) is 8.65. The summed E-state index contributed by atoms with van der Waals surface area (Å²) in [5, 5.41) is 4.31. The van der Waals surface area contributed by atoms with Crippen LogP contribution in [0.1, 0.15) is 24.0 Å². The topological polar surface area (TPSA) is 66.5 Å². The van der Waals surface area contributed by atoms with Crippen LogP contribution in [0.15, 0.2) is 46.0 Å². The number of hydrogen-bond acceptors (Lipinski definition) is 4. The third-order valence-corrected chi connectivity index (χ3v) is 7.80. The number of nitrogens with zero attached hydrogens (tertiary/aromatic N) is 1. The second kappa shape index (κ2) is 8.22. The van der Waals surface area contributed by atoms with Crippen molar-refractivity contribution < 1.29 is 26.4 Å². The molecule has 1 fully saturated rings. The van der Waals surface area contributed by atoms with Crippen molar-refractivity contribution in [3.05, 3.63) is 52.9 Å². The lowest BCUT2D eigenvalue weighted by atomic mass is 9.98. The van der Waals surface area contributed by atoms with Gasteiger partial charge in [-0.25, -0.2) is 8.42 Å². The van der Waals surface area contributed by atoms with E-state index in [9.17, 15) is 26.4 Å². The minimum Gasteiger partial charge on any atom is -0.352 e. The number of alkyl halides is 3. The zero-order chi connectivity index (χ0) is 20.4. The lowest BCUT2D eigenvalue weighted by molar-refractivity contribution is -0.137. The maximum Gasteiger partial charge on any atom is 0.416 e. The first-order valence-corrected chi connectivity index (χ1v) is 11.0. The molecular formula is C18H19F3N2O3S2. The number of sulfonamides is 1. The van der Waals surface area contributed by atoms with Gasteiger partial charge in [0.15, 0.2) is 0 Å². The van der Waals surface area contributed by atoms with Crippen molar-refractivity contribution in [3.63, 3.8) is 0 Å². The monoisotopic (exact) mass is 432 g/mol. The molecule has 0 spiro atoms. The van der Waals surface area contributed by atoms with Gasteiger partial charge in [0.05, 0.1) is 11.5 Å². The van der Waals surface area contributed by atoms with Gasteiger partial charge in [0.2, 0.25) is 5.91 Å². The molecule has 2 heterocycles. The van der Waals surface area contributed by atoms with Gasteiger partial charge in [-0.2, -0.15) is 17.5 Å². The molecule has 1 unspecified atom stereocenters. The van der Waals surface area contributed by atoms with Gasteiger partial charge in [-0.1, -0.05) is 18.2 Å². The zero-order valence-corrected chi connectivity index (χ0v) is 16.4. The fraction of sp³-hybridized carbons (Fsp3) is 0.389. The Morgan fingerprint density at radius 3 is 2.71 bits per heavy atom. The molecule has 0 radical (unpaired) electrons. The Labute approximate surface area is 165 Å². The summed E-state index contributed by atoms with van der Waals surface area (Å²) in [5.41, 5.74) is -0.438. The molecule has 1 atom stereocenters. The van der Waals surface area contributed by atoms with Crippen LogP contribution in [0.5, 0.6) is 0 Å². The van der Waals surface area contributed by atoms with Gasteiger partial charge >= 0.3 is 6.18 Å². The Bertz CT molecular complexity index is 928. The van der Waals surface area contributed by atoms with Gasteiger partial charge in [0.1, 0.15) is 4.21 Å².